The van der Waals surface area contributed by atoms with Crippen LogP contribution >= 0.6 is 27.7 Å². The molecule has 0 bridgehead atoms. The van der Waals surface area contributed by atoms with Crippen LogP contribution in [0.25, 0.3) is 10.9 Å². The first-order chi connectivity index (χ1) is 14.9. The Morgan fingerprint density at radius 3 is 2.42 bits per heavy atom. The van der Waals surface area contributed by atoms with Crippen molar-refractivity contribution in [2.45, 2.75) is 29.4 Å². The number of halogens is 1. The summed E-state index contributed by atoms with van der Waals surface area (Å²) in [7, 11) is 0. The molecule has 31 heavy (non-hydrogen) atoms. The van der Waals surface area contributed by atoms with Gasteiger partial charge in [0.1, 0.15) is 0 Å². The molecule has 1 unspecified atom stereocenters. The molecule has 4 rings (SSSR count). The molecule has 0 aliphatic carbocycles. The Kier molecular flexibility index (Phi) is 6.04. The Bertz CT molecular complexity index is 1260. The Hall–Kier alpha value is -2.81. The van der Waals surface area contributed by atoms with Gasteiger partial charge in [-0.1, -0.05) is 58.4 Å². The van der Waals surface area contributed by atoms with E-state index in [9.17, 15) is 5.26 Å². The third kappa shape index (κ3) is 4.46. The average molecular weight is 488 g/mol. The monoisotopic (exact) mass is 487 g/mol. The molecule has 1 atom stereocenters. The van der Waals surface area contributed by atoms with Crippen molar-refractivity contribution in [3.63, 3.8) is 0 Å². The lowest BCUT2D eigenvalue weighted by Gasteiger charge is -2.23. The van der Waals surface area contributed by atoms with Gasteiger partial charge in [-0.3, -0.25) is 4.98 Å². The number of rotatable bonds is 5. The molecule has 0 amide bonds. The van der Waals surface area contributed by atoms with Crippen LogP contribution in [-0.2, 0) is 5.41 Å². The van der Waals surface area contributed by atoms with Crippen molar-refractivity contribution in [2.24, 2.45) is 0 Å². The first-order valence-electron chi connectivity index (χ1n) is 9.96. The second kappa shape index (κ2) is 8.74. The second-order valence-electron chi connectivity index (χ2n) is 7.96. The number of hydrogen-bond donors (Lipinski definition) is 1. The number of benzene rings is 3. The molecule has 3 nitrogen and oxygen atoms in total. The maximum absolute atomic E-state index is 9.50. The van der Waals surface area contributed by atoms with Crippen LogP contribution < -0.4 is 5.73 Å². The molecule has 4 aromatic rings. The van der Waals surface area contributed by atoms with E-state index in [2.05, 4.69) is 57.3 Å². The van der Waals surface area contributed by atoms with Crippen LogP contribution in [-0.4, -0.2) is 4.98 Å². The van der Waals surface area contributed by atoms with Gasteiger partial charge in [-0.25, -0.2) is 0 Å². The molecule has 154 valence electrons. The zero-order chi connectivity index (χ0) is 22.0. The minimum Gasteiger partial charge on any atom is -0.397 e. The maximum Gasteiger partial charge on any atom is 0.0766 e. The minimum atomic E-state index is -0.534. The zero-order valence-corrected chi connectivity index (χ0v) is 19.7. The fourth-order valence-corrected chi connectivity index (χ4v) is 5.18. The average Bonchev–Trinajstić information content (AvgIpc) is 2.78. The van der Waals surface area contributed by atoms with E-state index in [4.69, 9.17) is 5.73 Å². The van der Waals surface area contributed by atoms with Crippen molar-refractivity contribution in [3.05, 3.63) is 100 Å². The molecule has 1 aromatic heterocycles. The molecule has 0 saturated carbocycles. The largest absolute Gasteiger partial charge is 0.397 e. The molecule has 1 heterocycles. The second-order valence-corrected chi connectivity index (χ2v) is 10.1. The number of fused-ring (bicyclic) bond motifs is 1. The van der Waals surface area contributed by atoms with Crippen molar-refractivity contribution in [2.75, 3.05) is 5.73 Å². The van der Waals surface area contributed by atoms with Gasteiger partial charge >= 0.3 is 0 Å². The van der Waals surface area contributed by atoms with Gasteiger partial charge in [0.15, 0.2) is 0 Å². The summed E-state index contributed by atoms with van der Waals surface area (Å²) >= 11 is 5.36. The molecular weight excluding hydrogens is 466 g/mol. The molecule has 3 aromatic carbocycles. The number of nitrogen functional groups attached to an aromatic ring is 1. The maximum atomic E-state index is 9.50. The summed E-state index contributed by atoms with van der Waals surface area (Å²) in [5.41, 5.74) is 10.7. The number of thioether (sulfide) groups is 1. The van der Waals surface area contributed by atoms with Crippen molar-refractivity contribution < 1.29 is 0 Å². The fraction of sp³-hybridized carbons (Fsp3) is 0.154. The van der Waals surface area contributed by atoms with Crippen LogP contribution in [0, 0.1) is 11.3 Å². The van der Waals surface area contributed by atoms with Crippen LogP contribution in [0.3, 0.4) is 0 Å². The van der Waals surface area contributed by atoms with E-state index in [1.54, 1.807) is 18.0 Å². The molecule has 0 aliphatic rings. The van der Waals surface area contributed by atoms with Crippen molar-refractivity contribution >= 4 is 44.3 Å². The lowest BCUT2D eigenvalue weighted by molar-refractivity contribution is 0.686. The van der Waals surface area contributed by atoms with Crippen LogP contribution in [0.2, 0.25) is 0 Å². The third-order valence-electron chi connectivity index (χ3n) is 5.38. The van der Waals surface area contributed by atoms with Gasteiger partial charge < -0.3 is 5.73 Å². The molecule has 0 saturated heterocycles. The summed E-state index contributed by atoms with van der Waals surface area (Å²) in [6, 6.07) is 27.1. The predicted molar refractivity (Wildman–Crippen MR) is 133 cm³/mol. The Balaban J connectivity index is 1.89. The van der Waals surface area contributed by atoms with E-state index < -0.39 is 5.41 Å². The number of anilines is 1. The summed E-state index contributed by atoms with van der Waals surface area (Å²) in [4.78, 5) is 5.69. The van der Waals surface area contributed by atoms with Crippen LogP contribution in [0.5, 0.6) is 0 Å². The molecule has 0 fully saturated rings. The summed E-state index contributed by atoms with van der Waals surface area (Å²) in [5, 5.41) is 10.5. The topological polar surface area (TPSA) is 62.7 Å². The van der Waals surface area contributed by atoms with E-state index in [0.29, 0.717) is 5.69 Å². The highest BCUT2D eigenvalue weighted by molar-refractivity contribution is 9.10. The number of nitrogens with zero attached hydrogens (tertiary/aromatic N) is 2. The van der Waals surface area contributed by atoms with E-state index in [-0.39, 0.29) is 5.25 Å². The van der Waals surface area contributed by atoms with Crippen molar-refractivity contribution in [1.82, 2.24) is 4.98 Å². The number of nitrogens with two attached hydrogens (primary N) is 1. The highest BCUT2D eigenvalue weighted by Crippen LogP contribution is 2.45. The first-order valence-corrected chi connectivity index (χ1v) is 11.6. The lowest BCUT2D eigenvalue weighted by atomic mass is 9.85. The van der Waals surface area contributed by atoms with Gasteiger partial charge in [-0.2, -0.15) is 5.26 Å². The Morgan fingerprint density at radius 2 is 1.74 bits per heavy atom. The van der Waals surface area contributed by atoms with E-state index >= 15 is 0 Å². The summed E-state index contributed by atoms with van der Waals surface area (Å²) in [5.74, 6) is 0. The standard InChI is InChI=1S/C26H22BrN3S/c1-26(2,16-28)18-10-8-17(9-11-18)25(31-20-6-4-3-5-7-20)24-21-14-19(27)12-13-23(21)30-15-22(24)29/h3-15,25H,29H2,1-2H3. The Morgan fingerprint density at radius 1 is 1.03 bits per heavy atom. The van der Waals surface area contributed by atoms with Crippen molar-refractivity contribution in [3.8, 4) is 6.07 Å². The smallest absolute Gasteiger partial charge is 0.0766 e. The number of pyridine rings is 1. The predicted octanol–water partition coefficient (Wildman–Crippen LogP) is 7.26. The summed E-state index contributed by atoms with van der Waals surface area (Å²) < 4.78 is 0.989. The SMILES string of the molecule is CC(C)(C#N)c1ccc(C(Sc2ccccc2)c2c(N)cnc3ccc(Br)cc23)cc1. The van der Waals surface area contributed by atoms with Crippen LogP contribution in [0.4, 0.5) is 5.69 Å². The normalized spacial score (nSPS) is 12.5. The molecule has 0 radical (unpaired) electrons. The summed E-state index contributed by atoms with van der Waals surface area (Å²) in [6.45, 7) is 3.87. The number of hydrogen-bond acceptors (Lipinski definition) is 4. The van der Waals surface area contributed by atoms with E-state index in [0.717, 1.165) is 37.0 Å². The minimum absolute atomic E-state index is 0.0264. The van der Waals surface area contributed by atoms with E-state index in [1.807, 2.05) is 56.3 Å². The van der Waals surface area contributed by atoms with Gasteiger partial charge in [0.05, 0.1) is 34.1 Å². The fourth-order valence-electron chi connectivity index (χ4n) is 3.56. The van der Waals surface area contributed by atoms with Gasteiger partial charge in [0, 0.05) is 20.3 Å². The third-order valence-corrected chi connectivity index (χ3v) is 7.16. The lowest BCUT2D eigenvalue weighted by Crippen LogP contribution is -2.13. The molecule has 2 N–H and O–H groups in total. The highest BCUT2D eigenvalue weighted by Gasteiger charge is 2.24. The number of aromatic nitrogens is 1. The molecule has 5 heteroatoms. The zero-order valence-electron chi connectivity index (χ0n) is 17.3. The van der Waals surface area contributed by atoms with Gasteiger partial charge in [0.2, 0.25) is 0 Å². The van der Waals surface area contributed by atoms with Crippen LogP contribution in [0.1, 0.15) is 35.8 Å². The van der Waals surface area contributed by atoms with Crippen LogP contribution in [0.15, 0.2) is 88.4 Å². The van der Waals surface area contributed by atoms with Gasteiger partial charge in [-0.05, 0) is 55.3 Å². The highest BCUT2D eigenvalue weighted by atomic mass is 79.9. The van der Waals surface area contributed by atoms with E-state index in [1.165, 1.54) is 0 Å². The number of nitriles is 1. The summed E-state index contributed by atoms with van der Waals surface area (Å²) in [6.07, 6.45) is 1.75. The first kappa shape index (κ1) is 21.4. The quantitative estimate of drug-likeness (QED) is 0.300. The van der Waals surface area contributed by atoms with Crippen molar-refractivity contribution in [1.29, 1.82) is 5.26 Å². The molecule has 0 aliphatic heterocycles. The van der Waals surface area contributed by atoms with Gasteiger partial charge in [-0.15, -0.1) is 11.8 Å². The van der Waals surface area contributed by atoms with Gasteiger partial charge in [0.25, 0.3) is 0 Å². The molecular formula is C26H22BrN3S. The molecule has 0 spiro atoms. The Labute approximate surface area is 195 Å².